The molecule has 0 aliphatic rings. The van der Waals surface area contributed by atoms with Crippen LogP contribution in [0.1, 0.15) is 0 Å². The molecule has 0 aliphatic heterocycles. The largest absolute Gasteiger partial charge is 0.456 e. The lowest BCUT2D eigenvalue weighted by molar-refractivity contribution is 0.669. The molecule has 0 saturated carbocycles. The lowest BCUT2D eigenvalue weighted by Crippen LogP contribution is -2.12. The van der Waals surface area contributed by atoms with Gasteiger partial charge in [0.25, 0.3) is 0 Å². The number of nitrogens with zero attached hydrogens (tertiary/aromatic N) is 3. The van der Waals surface area contributed by atoms with E-state index in [1.807, 2.05) is 30.5 Å². The monoisotopic (exact) mass is 639 g/mol. The molecule has 8 aromatic carbocycles. The lowest BCUT2D eigenvalue weighted by atomic mass is 10.0. The molecular weight excluding hydrogens is 611 g/mol. The maximum atomic E-state index is 6.21. The third kappa shape index (κ3) is 4.85. The molecule has 0 saturated heterocycles. The molecule has 0 N–H and O–H groups in total. The minimum Gasteiger partial charge on any atom is -0.456 e. The molecule has 0 amide bonds. The van der Waals surface area contributed by atoms with E-state index in [9.17, 15) is 0 Å². The first kappa shape index (κ1) is 28.3. The molecule has 4 nitrogen and oxygen atoms in total. The van der Waals surface area contributed by atoms with Crippen LogP contribution in [0.25, 0.3) is 76.8 Å². The van der Waals surface area contributed by atoms with Gasteiger partial charge in [0.1, 0.15) is 11.2 Å². The van der Waals surface area contributed by atoms with Gasteiger partial charge in [0.05, 0.1) is 17.2 Å². The van der Waals surface area contributed by atoms with E-state index in [0.29, 0.717) is 0 Å². The van der Waals surface area contributed by atoms with Crippen molar-refractivity contribution in [1.29, 1.82) is 0 Å². The maximum absolute atomic E-state index is 6.21. The van der Waals surface area contributed by atoms with Crippen LogP contribution in [0.4, 0.5) is 17.2 Å². The highest BCUT2D eigenvalue weighted by Crippen LogP contribution is 2.38. The third-order valence-corrected chi connectivity index (χ3v) is 9.67. The van der Waals surface area contributed by atoms with E-state index in [1.54, 1.807) is 0 Å². The Balaban J connectivity index is 1.08. The van der Waals surface area contributed by atoms with E-state index in [2.05, 4.69) is 150 Å². The van der Waals surface area contributed by atoms with Gasteiger partial charge in [-0.3, -0.25) is 9.88 Å². The first-order chi connectivity index (χ1) is 24.7. The van der Waals surface area contributed by atoms with Crippen molar-refractivity contribution in [2.75, 3.05) is 4.90 Å². The predicted molar refractivity (Wildman–Crippen MR) is 207 cm³/mol. The highest BCUT2D eigenvalue weighted by Gasteiger charge is 2.17. The van der Waals surface area contributed by atoms with Crippen LogP contribution in [0.2, 0.25) is 0 Å². The number of hydrogen-bond acceptors (Lipinski definition) is 4. The summed E-state index contributed by atoms with van der Waals surface area (Å²) >= 11 is 0. The summed E-state index contributed by atoms with van der Waals surface area (Å²) in [5, 5.41) is 7.05. The summed E-state index contributed by atoms with van der Waals surface area (Å²) < 4.78 is 6.21. The first-order valence-electron chi connectivity index (χ1n) is 16.8. The van der Waals surface area contributed by atoms with Crippen molar-refractivity contribution < 1.29 is 4.42 Å². The standard InChI is InChI=1S/C46H29N3O/c1-3-9-34-25-36(15-13-30(34)7-1)32-17-21-38(22-18-32)49(39-23-19-33(20-24-39)37-16-14-31-8-2-4-10-35(31)26-37)46-29-47-42-27-41-40-11-5-6-12-44(40)50-45(41)28-43(42)48-46/h1-29H. The van der Waals surface area contributed by atoms with Gasteiger partial charge in [-0.25, -0.2) is 4.98 Å². The van der Waals surface area contributed by atoms with Crippen LogP contribution in [-0.2, 0) is 0 Å². The minimum atomic E-state index is 0.727. The second-order valence-corrected chi connectivity index (χ2v) is 12.7. The molecule has 0 radical (unpaired) electrons. The van der Waals surface area contributed by atoms with Gasteiger partial charge < -0.3 is 4.42 Å². The summed E-state index contributed by atoms with van der Waals surface area (Å²) in [4.78, 5) is 12.3. The average molecular weight is 640 g/mol. The van der Waals surface area contributed by atoms with Gasteiger partial charge in [-0.15, -0.1) is 0 Å². The SMILES string of the molecule is c1ccc2cc(-c3ccc(N(c4ccc(-c5ccc6ccccc6c5)cc4)c4cnc5cc6c(cc5n4)oc4ccccc46)cc3)ccc2c1. The van der Waals surface area contributed by atoms with Crippen LogP contribution in [0, 0.1) is 0 Å². The zero-order valence-corrected chi connectivity index (χ0v) is 27.0. The van der Waals surface area contributed by atoms with Gasteiger partial charge in [-0.2, -0.15) is 0 Å². The molecule has 2 heterocycles. The molecule has 0 aliphatic carbocycles. The van der Waals surface area contributed by atoms with Gasteiger partial charge in [0.15, 0.2) is 5.82 Å². The van der Waals surface area contributed by atoms with Crippen molar-refractivity contribution in [3.05, 3.63) is 176 Å². The smallest absolute Gasteiger partial charge is 0.156 e. The summed E-state index contributed by atoms with van der Waals surface area (Å²) in [6.07, 6.45) is 1.87. The van der Waals surface area contributed by atoms with E-state index in [0.717, 1.165) is 61.3 Å². The Morgan fingerprint density at radius 2 is 0.940 bits per heavy atom. The van der Waals surface area contributed by atoms with Crippen molar-refractivity contribution in [2.24, 2.45) is 0 Å². The number of anilines is 3. The lowest BCUT2D eigenvalue weighted by Gasteiger charge is -2.25. The molecule has 0 fully saturated rings. The van der Waals surface area contributed by atoms with Crippen LogP contribution >= 0.6 is 0 Å². The Bertz CT molecular complexity index is 2750. The second-order valence-electron chi connectivity index (χ2n) is 12.7. The average Bonchev–Trinajstić information content (AvgIpc) is 3.54. The summed E-state index contributed by atoms with van der Waals surface area (Å²) in [5.74, 6) is 0.727. The van der Waals surface area contributed by atoms with Crippen LogP contribution in [0.15, 0.2) is 180 Å². The topological polar surface area (TPSA) is 42.2 Å². The highest BCUT2D eigenvalue weighted by atomic mass is 16.3. The van der Waals surface area contributed by atoms with Gasteiger partial charge >= 0.3 is 0 Å². The Morgan fingerprint density at radius 3 is 1.56 bits per heavy atom. The molecule has 0 bridgehead atoms. The van der Waals surface area contributed by atoms with Crippen LogP contribution in [0.5, 0.6) is 0 Å². The fourth-order valence-electron chi connectivity index (χ4n) is 7.09. The Hall–Kier alpha value is -6.78. The number of hydrogen-bond donors (Lipinski definition) is 0. The quantitative estimate of drug-likeness (QED) is 0.188. The van der Waals surface area contributed by atoms with E-state index >= 15 is 0 Å². The minimum absolute atomic E-state index is 0.727. The molecule has 10 rings (SSSR count). The summed E-state index contributed by atoms with van der Waals surface area (Å²) in [7, 11) is 0. The number of fused-ring (bicyclic) bond motifs is 6. The van der Waals surface area contributed by atoms with Crippen molar-refractivity contribution >= 4 is 71.7 Å². The summed E-state index contributed by atoms with van der Waals surface area (Å²) in [6, 6.07) is 59.8. The van der Waals surface area contributed by atoms with Crippen LogP contribution < -0.4 is 4.90 Å². The number of rotatable bonds is 5. The molecule has 2 aromatic heterocycles. The molecule has 0 spiro atoms. The molecule has 50 heavy (non-hydrogen) atoms. The molecule has 0 atom stereocenters. The first-order valence-corrected chi connectivity index (χ1v) is 16.8. The predicted octanol–water partition coefficient (Wildman–Crippen LogP) is 12.6. The Morgan fingerprint density at radius 1 is 0.400 bits per heavy atom. The van der Waals surface area contributed by atoms with E-state index in [4.69, 9.17) is 14.4 Å². The molecule has 10 aromatic rings. The zero-order chi connectivity index (χ0) is 33.0. The van der Waals surface area contributed by atoms with Gasteiger partial charge in [-0.05, 0) is 92.3 Å². The van der Waals surface area contributed by atoms with Gasteiger partial charge in [-0.1, -0.05) is 115 Å². The van der Waals surface area contributed by atoms with E-state index in [1.165, 1.54) is 32.7 Å². The number of para-hydroxylation sites is 1. The fourth-order valence-corrected chi connectivity index (χ4v) is 7.09. The maximum Gasteiger partial charge on any atom is 0.156 e. The second kappa shape index (κ2) is 11.4. The van der Waals surface area contributed by atoms with Crippen molar-refractivity contribution in [1.82, 2.24) is 9.97 Å². The number of benzene rings is 8. The molecule has 0 unspecified atom stereocenters. The van der Waals surface area contributed by atoms with Crippen molar-refractivity contribution in [3.8, 4) is 22.3 Å². The fraction of sp³-hybridized carbons (Fsp3) is 0. The Kier molecular flexibility index (Phi) is 6.46. The Labute approximate surface area is 288 Å². The van der Waals surface area contributed by atoms with Gasteiger partial charge in [0.2, 0.25) is 0 Å². The molecule has 234 valence electrons. The van der Waals surface area contributed by atoms with Crippen molar-refractivity contribution in [3.63, 3.8) is 0 Å². The summed E-state index contributed by atoms with van der Waals surface area (Å²) in [5.41, 5.74) is 9.92. The van der Waals surface area contributed by atoms with Crippen molar-refractivity contribution in [2.45, 2.75) is 0 Å². The molecular formula is C46H29N3O. The summed E-state index contributed by atoms with van der Waals surface area (Å²) in [6.45, 7) is 0. The normalized spacial score (nSPS) is 11.6. The number of aromatic nitrogens is 2. The number of furan rings is 1. The van der Waals surface area contributed by atoms with Gasteiger partial charge in [0, 0.05) is 28.2 Å². The van der Waals surface area contributed by atoms with E-state index < -0.39 is 0 Å². The third-order valence-electron chi connectivity index (χ3n) is 9.67. The molecule has 4 heteroatoms. The van der Waals surface area contributed by atoms with Crippen LogP contribution in [-0.4, -0.2) is 9.97 Å². The zero-order valence-electron chi connectivity index (χ0n) is 27.0. The van der Waals surface area contributed by atoms with E-state index in [-0.39, 0.29) is 0 Å². The highest BCUT2D eigenvalue weighted by molar-refractivity contribution is 6.09. The van der Waals surface area contributed by atoms with Crippen LogP contribution in [0.3, 0.4) is 0 Å².